The van der Waals surface area contributed by atoms with E-state index in [1.54, 1.807) is 36.5 Å². The zero-order valence-electron chi connectivity index (χ0n) is 16.2. The van der Waals surface area contributed by atoms with Gasteiger partial charge in [0.2, 0.25) is 0 Å². The minimum atomic E-state index is -0.760. The number of nitrogens with zero attached hydrogens (tertiary/aromatic N) is 2. The summed E-state index contributed by atoms with van der Waals surface area (Å²) in [6, 6.07) is 19.2. The van der Waals surface area contributed by atoms with E-state index in [1.807, 2.05) is 50.2 Å². The Balaban J connectivity index is 1.97. The van der Waals surface area contributed by atoms with Crippen molar-refractivity contribution in [3.63, 3.8) is 0 Å². The number of anilines is 1. The summed E-state index contributed by atoms with van der Waals surface area (Å²) in [4.78, 5) is 31.8. The number of hydrogen-bond acceptors (Lipinski definition) is 4. The van der Waals surface area contributed by atoms with Gasteiger partial charge >= 0.3 is 5.91 Å². The number of amides is 1. The number of rotatable bonds is 3. The average Bonchev–Trinajstić information content (AvgIpc) is 3.00. The molecule has 1 N–H and O–H groups in total. The Morgan fingerprint density at radius 3 is 2.28 bits per heavy atom. The van der Waals surface area contributed by atoms with Gasteiger partial charge in [0.25, 0.3) is 5.78 Å². The number of aliphatic hydroxyl groups excluding tert-OH is 1. The Morgan fingerprint density at radius 1 is 0.931 bits per heavy atom. The summed E-state index contributed by atoms with van der Waals surface area (Å²) >= 11 is 0. The Kier molecular flexibility index (Phi) is 4.72. The largest absolute Gasteiger partial charge is 0.507 e. The van der Waals surface area contributed by atoms with Crippen molar-refractivity contribution in [3.8, 4) is 0 Å². The van der Waals surface area contributed by atoms with Gasteiger partial charge in [0.15, 0.2) is 0 Å². The zero-order valence-corrected chi connectivity index (χ0v) is 16.2. The monoisotopic (exact) mass is 384 g/mol. The third-order valence-corrected chi connectivity index (χ3v) is 5.09. The maximum absolute atomic E-state index is 13.0. The molecule has 5 nitrogen and oxygen atoms in total. The van der Waals surface area contributed by atoms with E-state index in [1.165, 1.54) is 4.90 Å². The fourth-order valence-corrected chi connectivity index (χ4v) is 3.60. The Labute approximate surface area is 169 Å². The molecule has 1 unspecified atom stereocenters. The first kappa shape index (κ1) is 18.6. The number of hydrogen-bond donors (Lipinski definition) is 1. The van der Waals surface area contributed by atoms with E-state index in [9.17, 15) is 14.7 Å². The molecule has 29 heavy (non-hydrogen) atoms. The molecule has 1 saturated heterocycles. The zero-order chi connectivity index (χ0) is 20.5. The highest BCUT2D eigenvalue weighted by molar-refractivity contribution is 6.51. The quantitative estimate of drug-likeness (QED) is 0.415. The van der Waals surface area contributed by atoms with Crippen LogP contribution in [-0.2, 0) is 9.59 Å². The van der Waals surface area contributed by atoms with Crippen molar-refractivity contribution in [2.75, 3.05) is 4.90 Å². The number of Topliss-reactive ketones (excluding diaryl/α,β-unsaturated/α-hetero) is 1. The van der Waals surface area contributed by atoms with Gasteiger partial charge in [-0.3, -0.25) is 14.5 Å². The smallest absolute Gasteiger partial charge is 0.301 e. The Morgan fingerprint density at radius 2 is 1.62 bits per heavy atom. The van der Waals surface area contributed by atoms with E-state index in [-0.39, 0.29) is 11.3 Å². The van der Waals surface area contributed by atoms with Crippen molar-refractivity contribution in [2.45, 2.75) is 19.9 Å². The van der Waals surface area contributed by atoms with Crippen LogP contribution in [0.1, 0.15) is 28.3 Å². The van der Waals surface area contributed by atoms with Gasteiger partial charge in [0.05, 0.1) is 11.6 Å². The highest BCUT2D eigenvalue weighted by atomic mass is 16.3. The van der Waals surface area contributed by atoms with Crippen LogP contribution in [0.25, 0.3) is 5.76 Å². The second-order valence-electron chi connectivity index (χ2n) is 7.09. The molecule has 144 valence electrons. The van der Waals surface area contributed by atoms with Crippen LogP contribution in [0.15, 0.2) is 78.5 Å². The molecule has 1 aliphatic rings. The van der Waals surface area contributed by atoms with Gasteiger partial charge in [0.1, 0.15) is 11.6 Å². The van der Waals surface area contributed by atoms with Crippen LogP contribution < -0.4 is 4.90 Å². The summed E-state index contributed by atoms with van der Waals surface area (Å²) < 4.78 is 0. The molecule has 0 bridgehead atoms. The maximum Gasteiger partial charge on any atom is 0.301 e. The van der Waals surface area contributed by atoms with E-state index in [0.717, 1.165) is 16.7 Å². The van der Waals surface area contributed by atoms with Crippen molar-refractivity contribution in [3.05, 3.63) is 101 Å². The molecule has 0 radical (unpaired) electrons. The summed E-state index contributed by atoms with van der Waals surface area (Å²) in [6.07, 6.45) is 1.59. The second-order valence-corrected chi connectivity index (χ2v) is 7.09. The summed E-state index contributed by atoms with van der Waals surface area (Å²) in [7, 11) is 0. The molecule has 0 spiro atoms. The number of carbonyl (C=O) groups excluding carboxylic acids is 2. The minimum Gasteiger partial charge on any atom is -0.507 e. The lowest BCUT2D eigenvalue weighted by molar-refractivity contribution is -0.132. The van der Waals surface area contributed by atoms with Crippen molar-refractivity contribution >= 4 is 23.3 Å². The van der Waals surface area contributed by atoms with Gasteiger partial charge in [-0.25, -0.2) is 4.98 Å². The molecule has 5 heteroatoms. The van der Waals surface area contributed by atoms with Gasteiger partial charge in [-0.05, 0) is 31.0 Å². The van der Waals surface area contributed by atoms with Crippen molar-refractivity contribution in [1.29, 1.82) is 0 Å². The van der Waals surface area contributed by atoms with Crippen LogP contribution in [0.4, 0.5) is 5.82 Å². The van der Waals surface area contributed by atoms with Crippen molar-refractivity contribution < 1.29 is 14.7 Å². The molecule has 4 rings (SSSR count). The van der Waals surface area contributed by atoms with Gasteiger partial charge in [-0.1, -0.05) is 66.2 Å². The second kappa shape index (κ2) is 7.36. The molecule has 1 atom stereocenters. The summed E-state index contributed by atoms with van der Waals surface area (Å²) in [5.74, 6) is -1.20. The number of aryl methyl sites for hydroxylation is 2. The lowest BCUT2D eigenvalue weighted by Crippen LogP contribution is -2.30. The van der Waals surface area contributed by atoms with E-state index in [0.29, 0.717) is 11.4 Å². The summed E-state index contributed by atoms with van der Waals surface area (Å²) in [5.41, 5.74) is 3.11. The molecular weight excluding hydrogens is 364 g/mol. The fraction of sp³-hybridized carbons (Fsp3) is 0.125. The van der Waals surface area contributed by atoms with Crippen LogP contribution >= 0.6 is 0 Å². The number of benzene rings is 2. The molecule has 0 aliphatic carbocycles. The topological polar surface area (TPSA) is 70.5 Å². The number of carbonyl (C=O) groups is 2. The van der Waals surface area contributed by atoms with Gasteiger partial charge in [0, 0.05) is 11.8 Å². The number of aliphatic hydroxyl groups is 1. The standard InChI is InChI=1S/C24H20N2O3/c1-15-10-12-17(13-11-15)20-19(21(27)18-8-4-3-5-9-18)22(28)24(29)26(20)23-16(2)7-6-14-25-23/h3-14,20,27H,1-2H3/b21-19+. The van der Waals surface area contributed by atoms with Crippen LogP contribution in [0.3, 0.4) is 0 Å². The fourth-order valence-electron chi connectivity index (χ4n) is 3.60. The molecule has 1 aromatic heterocycles. The van der Waals surface area contributed by atoms with E-state index in [2.05, 4.69) is 4.98 Å². The minimum absolute atomic E-state index is 0.0649. The Bertz CT molecular complexity index is 1120. The van der Waals surface area contributed by atoms with Crippen LogP contribution in [0.2, 0.25) is 0 Å². The highest BCUT2D eigenvalue weighted by Crippen LogP contribution is 2.42. The third kappa shape index (κ3) is 3.21. The molecule has 3 aromatic rings. The van der Waals surface area contributed by atoms with Crippen LogP contribution in [0, 0.1) is 13.8 Å². The molecule has 1 amide bonds. The van der Waals surface area contributed by atoms with Crippen molar-refractivity contribution in [2.24, 2.45) is 0 Å². The van der Waals surface area contributed by atoms with E-state index in [4.69, 9.17) is 0 Å². The predicted molar refractivity (Wildman–Crippen MR) is 111 cm³/mol. The Hall–Kier alpha value is -3.73. The number of aromatic nitrogens is 1. The normalized spacial score (nSPS) is 18.3. The third-order valence-electron chi connectivity index (χ3n) is 5.09. The SMILES string of the molecule is Cc1ccc(C2/C(=C(\O)c3ccccc3)C(=O)C(=O)N2c2ncccc2C)cc1. The van der Waals surface area contributed by atoms with E-state index < -0.39 is 17.7 Å². The first-order chi connectivity index (χ1) is 14.0. The predicted octanol–water partition coefficient (Wildman–Crippen LogP) is 4.32. The van der Waals surface area contributed by atoms with Gasteiger partial charge < -0.3 is 5.11 Å². The molecular formula is C24H20N2O3. The van der Waals surface area contributed by atoms with Gasteiger partial charge in [-0.15, -0.1) is 0 Å². The lowest BCUT2D eigenvalue weighted by atomic mass is 9.94. The van der Waals surface area contributed by atoms with Crippen molar-refractivity contribution in [1.82, 2.24) is 4.98 Å². The summed E-state index contributed by atoms with van der Waals surface area (Å²) in [6.45, 7) is 3.80. The first-order valence-electron chi connectivity index (χ1n) is 9.33. The lowest BCUT2D eigenvalue weighted by Gasteiger charge is -2.25. The summed E-state index contributed by atoms with van der Waals surface area (Å²) in [5, 5.41) is 11.0. The highest BCUT2D eigenvalue weighted by Gasteiger charge is 2.47. The number of ketones is 1. The molecule has 1 fully saturated rings. The molecule has 1 aliphatic heterocycles. The van der Waals surface area contributed by atoms with Crippen LogP contribution in [0.5, 0.6) is 0 Å². The van der Waals surface area contributed by atoms with E-state index >= 15 is 0 Å². The molecule has 2 aromatic carbocycles. The maximum atomic E-state index is 13.0. The molecule has 2 heterocycles. The first-order valence-corrected chi connectivity index (χ1v) is 9.33. The van der Waals surface area contributed by atoms with Gasteiger partial charge in [-0.2, -0.15) is 0 Å². The molecule has 0 saturated carbocycles. The number of pyridine rings is 1. The average molecular weight is 384 g/mol. The van der Waals surface area contributed by atoms with Crippen LogP contribution in [-0.4, -0.2) is 21.8 Å².